The van der Waals surface area contributed by atoms with Crippen molar-refractivity contribution in [2.75, 3.05) is 13.7 Å². The fraction of sp³-hybridized carbons (Fsp3) is 0.214. The molecular formula is C14H11F3O3S. The zero-order valence-electron chi connectivity index (χ0n) is 11.0. The Balaban J connectivity index is 2.64. The first-order chi connectivity index (χ1) is 9.88. The number of hydrogen-bond acceptors (Lipinski definition) is 4. The molecule has 3 nitrogen and oxygen atoms in total. The number of esters is 1. The van der Waals surface area contributed by atoms with E-state index in [0.29, 0.717) is 4.70 Å². The van der Waals surface area contributed by atoms with Crippen LogP contribution < -0.4 is 4.74 Å². The van der Waals surface area contributed by atoms with Crippen molar-refractivity contribution in [3.05, 3.63) is 41.3 Å². The molecule has 21 heavy (non-hydrogen) atoms. The number of benzene rings is 1. The Morgan fingerprint density at radius 1 is 1.43 bits per heavy atom. The van der Waals surface area contributed by atoms with Gasteiger partial charge < -0.3 is 9.47 Å². The molecule has 2 aromatic rings. The number of ether oxygens (including phenoxy) is 2. The van der Waals surface area contributed by atoms with Gasteiger partial charge in [0.2, 0.25) is 0 Å². The maximum absolute atomic E-state index is 12.8. The normalized spacial score (nSPS) is 11.4. The summed E-state index contributed by atoms with van der Waals surface area (Å²) >= 11 is 1.03. The Morgan fingerprint density at radius 3 is 2.71 bits per heavy atom. The molecule has 2 rings (SSSR count). The van der Waals surface area contributed by atoms with E-state index in [0.717, 1.165) is 23.5 Å². The van der Waals surface area contributed by atoms with Crippen LogP contribution in [0.5, 0.6) is 5.75 Å². The van der Waals surface area contributed by atoms with Gasteiger partial charge in [0.15, 0.2) is 10.6 Å². The van der Waals surface area contributed by atoms with Gasteiger partial charge in [-0.15, -0.1) is 11.3 Å². The van der Waals surface area contributed by atoms with Gasteiger partial charge in [-0.25, -0.2) is 4.79 Å². The number of halogens is 3. The maximum atomic E-state index is 12.8. The lowest BCUT2D eigenvalue weighted by Gasteiger charge is -2.08. The largest absolute Gasteiger partial charge is 0.487 e. The van der Waals surface area contributed by atoms with E-state index in [1.807, 2.05) is 0 Å². The smallest absolute Gasteiger partial charge is 0.416 e. The predicted molar refractivity (Wildman–Crippen MR) is 73.9 cm³/mol. The van der Waals surface area contributed by atoms with Gasteiger partial charge in [0, 0.05) is 10.1 Å². The molecular weight excluding hydrogens is 305 g/mol. The minimum Gasteiger partial charge on any atom is -0.487 e. The van der Waals surface area contributed by atoms with Gasteiger partial charge in [-0.05, 0) is 18.2 Å². The van der Waals surface area contributed by atoms with E-state index in [1.165, 1.54) is 19.3 Å². The van der Waals surface area contributed by atoms with Crippen molar-refractivity contribution in [1.82, 2.24) is 0 Å². The molecule has 0 unspecified atom stereocenters. The van der Waals surface area contributed by atoms with E-state index >= 15 is 0 Å². The summed E-state index contributed by atoms with van der Waals surface area (Å²) in [7, 11) is 1.20. The summed E-state index contributed by atoms with van der Waals surface area (Å²) in [5.41, 5.74) is -0.798. The Kier molecular flexibility index (Phi) is 4.22. The molecule has 7 heteroatoms. The van der Waals surface area contributed by atoms with Crippen molar-refractivity contribution in [2.45, 2.75) is 6.18 Å². The van der Waals surface area contributed by atoms with E-state index in [1.54, 1.807) is 0 Å². The molecule has 0 aliphatic heterocycles. The Bertz CT molecular complexity index is 689. The minimum atomic E-state index is -4.46. The molecule has 1 aromatic heterocycles. The highest BCUT2D eigenvalue weighted by Gasteiger charge is 2.32. The molecule has 0 N–H and O–H groups in total. The van der Waals surface area contributed by atoms with Crippen LogP contribution in [0.3, 0.4) is 0 Å². The van der Waals surface area contributed by atoms with Crippen molar-refractivity contribution in [3.8, 4) is 5.75 Å². The summed E-state index contributed by atoms with van der Waals surface area (Å²) in [6.07, 6.45) is -3.02. The molecule has 0 radical (unpaired) electrons. The summed E-state index contributed by atoms with van der Waals surface area (Å²) in [6.45, 7) is 3.55. The standard InChI is InChI=1S/C14H11F3O3S/c1-3-6-20-11-9-7-8(14(15,16)17)4-5-10(9)21-12(11)13(18)19-2/h3-5,7H,1,6H2,2H3. The molecule has 112 valence electrons. The number of methoxy groups -OCH3 is 1. The van der Waals surface area contributed by atoms with Gasteiger partial charge in [0.05, 0.1) is 12.7 Å². The third-order valence-electron chi connectivity index (χ3n) is 2.69. The van der Waals surface area contributed by atoms with Crippen molar-refractivity contribution in [2.24, 2.45) is 0 Å². The van der Waals surface area contributed by atoms with Gasteiger partial charge in [-0.2, -0.15) is 13.2 Å². The molecule has 0 aliphatic carbocycles. The second kappa shape index (κ2) is 5.77. The summed E-state index contributed by atoms with van der Waals surface area (Å²) in [5.74, 6) is -0.559. The Hall–Kier alpha value is -2.02. The van der Waals surface area contributed by atoms with Crippen LogP contribution in [0.15, 0.2) is 30.9 Å². The van der Waals surface area contributed by atoms with Crippen LogP contribution in [-0.2, 0) is 10.9 Å². The first-order valence-corrected chi connectivity index (χ1v) is 6.66. The van der Waals surface area contributed by atoms with Crippen LogP contribution in [0, 0.1) is 0 Å². The average Bonchev–Trinajstić information content (AvgIpc) is 2.81. The average molecular weight is 316 g/mol. The lowest BCUT2D eigenvalue weighted by atomic mass is 10.1. The summed E-state index contributed by atoms with van der Waals surface area (Å²) in [5, 5.41) is 0.233. The first kappa shape index (κ1) is 15.4. The topological polar surface area (TPSA) is 35.5 Å². The molecule has 1 aromatic carbocycles. The predicted octanol–water partition coefficient (Wildman–Crippen LogP) is 4.27. The molecule has 0 fully saturated rings. The molecule has 0 spiro atoms. The highest BCUT2D eigenvalue weighted by molar-refractivity contribution is 7.21. The molecule has 0 saturated carbocycles. The van der Waals surface area contributed by atoms with Gasteiger partial charge in [-0.1, -0.05) is 12.7 Å². The molecule has 1 heterocycles. The quantitative estimate of drug-likeness (QED) is 0.624. The lowest BCUT2D eigenvalue weighted by Crippen LogP contribution is -2.05. The number of fused-ring (bicyclic) bond motifs is 1. The van der Waals surface area contributed by atoms with E-state index in [-0.39, 0.29) is 22.6 Å². The number of thiophene rings is 1. The van der Waals surface area contributed by atoms with Crippen LogP contribution in [0.4, 0.5) is 13.2 Å². The van der Waals surface area contributed by atoms with E-state index in [9.17, 15) is 18.0 Å². The monoisotopic (exact) mass is 316 g/mol. The van der Waals surface area contributed by atoms with Crippen molar-refractivity contribution in [1.29, 1.82) is 0 Å². The zero-order valence-corrected chi connectivity index (χ0v) is 11.8. The van der Waals surface area contributed by atoms with Gasteiger partial charge in [-0.3, -0.25) is 0 Å². The fourth-order valence-electron chi connectivity index (χ4n) is 1.76. The molecule has 0 amide bonds. The molecule has 0 atom stereocenters. The van der Waals surface area contributed by atoms with Gasteiger partial charge >= 0.3 is 12.1 Å². The fourth-order valence-corrected chi connectivity index (χ4v) is 2.81. The highest BCUT2D eigenvalue weighted by Crippen LogP contribution is 2.41. The van der Waals surface area contributed by atoms with Crippen LogP contribution in [0.2, 0.25) is 0 Å². The van der Waals surface area contributed by atoms with Crippen LogP contribution in [-0.4, -0.2) is 19.7 Å². The number of carbonyl (C=O) groups excluding carboxylic acids is 1. The summed E-state index contributed by atoms with van der Waals surface area (Å²) in [6, 6.07) is 3.25. The minimum absolute atomic E-state index is 0.0755. The van der Waals surface area contributed by atoms with Crippen molar-refractivity contribution >= 4 is 27.4 Å². The SMILES string of the molecule is C=CCOc1c(C(=O)OC)sc2ccc(C(F)(F)F)cc12. The van der Waals surface area contributed by atoms with Gasteiger partial charge in [0.25, 0.3) is 0 Å². The highest BCUT2D eigenvalue weighted by atomic mass is 32.1. The third kappa shape index (κ3) is 3.02. The zero-order chi connectivity index (χ0) is 15.6. The van der Waals surface area contributed by atoms with Crippen LogP contribution >= 0.6 is 11.3 Å². The number of rotatable bonds is 4. The second-order valence-corrected chi connectivity index (χ2v) is 5.11. The third-order valence-corrected chi connectivity index (χ3v) is 3.82. The Morgan fingerprint density at radius 2 is 2.14 bits per heavy atom. The first-order valence-electron chi connectivity index (χ1n) is 5.84. The van der Waals surface area contributed by atoms with Gasteiger partial charge in [0.1, 0.15) is 6.61 Å². The summed E-state index contributed by atoms with van der Waals surface area (Å²) in [4.78, 5) is 11.8. The number of hydrogen-bond donors (Lipinski definition) is 0. The van der Waals surface area contributed by atoms with E-state index in [4.69, 9.17) is 4.74 Å². The summed E-state index contributed by atoms with van der Waals surface area (Å²) < 4.78 is 48.9. The van der Waals surface area contributed by atoms with E-state index in [2.05, 4.69) is 11.3 Å². The molecule has 0 aliphatic rings. The van der Waals surface area contributed by atoms with Crippen molar-refractivity contribution < 1.29 is 27.4 Å². The molecule has 0 bridgehead atoms. The van der Waals surface area contributed by atoms with Crippen LogP contribution in [0.25, 0.3) is 10.1 Å². The number of carbonyl (C=O) groups is 1. The van der Waals surface area contributed by atoms with Crippen LogP contribution in [0.1, 0.15) is 15.2 Å². The maximum Gasteiger partial charge on any atom is 0.416 e. The van der Waals surface area contributed by atoms with E-state index < -0.39 is 17.7 Å². The second-order valence-electron chi connectivity index (χ2n) is 4.06. The lowest BCUT2D eigenvalue weighted by molar-refractivity contribution is -0.137. The Labute approximate surface area is 122 Å². The number of alkyl halides is 3. The van der Waals surface area contributed by atoms with Crippen molar-refractivity contribution in [3.63, 3.8) is 0 Å². The molecule has 0 saturated heterocycles.